The van der Waals surface area contributed by atoms with E-state index in [0.717, 1.165) is 30.9 Å². The van der Waals surface area contributed by atoms with E-state index in [1.54, 1.807) is 6.07 Å². The molecule has 1 aromatic rings. The molecule has 1 aromatic carbocycles. The molecule has 1 rings (SSSR count). The van der Waals surface area contributed by atoms with Crippen molar-refractivity contribution < 1.29 is 4.39 Å². The molecule has 0 aromatic heterocycles. The van der Waals surface area contributed by atoms with Crippen LogP contribution < -0.4 is 10.2 Å². The predicted molar refractivity (Wildman–Crippen MR) is 90.4 cm³/mol. The highest BCUT2D eigenvalue weighted by Gasteiger charge is 2.20. The molecule has 1 atom stereocenters. The number of halogens is 1. The van der Waals surface area contributed by atoms with Crippen LogP contribution in [0.1, 0.15) is 53.1 Å². The van der Waals surface area contributed by atoms with E-state index >= 15 is 0 Å². The summed E-state index contributed by atoms with van der Waals surface area (Å²) < 4.78 is 14.4. The molecule has 0 spiro atoms. The average Bonchev–Trinajstić information content (AvgIpc) is 2.36. The van der Waals surface area contributed by atoms with Crippen LogP contribution in [-0.4, -0.2) is 19.6 Å². The minimum atomic E-state index is -0.113. The maximum absolute atomic E-state index is 14.4. The normalized spacial score (nSPS) is 13.0. The summed E-state index contributed by atoms with van der Waals surface area (Å²) in [6.45, 7) is 15.7. The van der Waals surface area contributed by atoms with Crippen LogP contribution in [0.2, 0.25) is 0 Å². The molecule has 0 heterocycles. The zero-order valence-electron chi connectivity index (χ0n) is 14.4. The lowest BCUT2D eigenvalue weighted by Gasteiger charge is -2.32. The van der Waals surface area contributed by atoms with Crippen molar-refractivity contribution in [2.45, 2.75) is 47.6 Å². The van der Waals surface area contributed by atoms with E-state index in [1.165, 1.54) is 0 Å². The summed E-state index contributed by atoms with van der Waals surface area (Å²) in [6.07, 6.45) is 0. The van der Waals surface area contributed by atoms with Crippen molar-refractivity contribution in [3.8, 4) is 0 Å². The van der Waals surface area contributed by atoms with Crippen LogP contribution in [-0.2, 0) is 0 Å². The topological polar surface area (TPSA) is 15.3 Å². The minimum absolute atomic E-state index is 0.0213. The Morgan fingerprint density at radius 3 is 2.10 bits per heavy atom. The van der Waals surface area contributed by atoms with Gasteiger partial charge in [0, 0.05) is 30.4 Å². The fourth-order valence-corrected chi connectivity index (χ4v) is 2.79. The molecular weight excluding hydrogens is 263 g/mol. The van der Waals surface area contributed by atoms with Gasteiger partial charge in [0.25, 0.3) is 0 Å². The third kappa shape index (κ3) is 5.31. The molecule has 0 bridgehead atoms. The standard InChI is InChI=1S/C18H31FN2/c1-7-20-15(6)18-16(19)9-8-10-17(18)21(11-13(2)3)12-14(4)5/h8-10,13-15,20H,7,11-12H2,1-6H3. The molecule has 0 aliphatic heterocycles. The zero-order valence-corrected chi connectivity index (χ0v) is 14.4. The Morgan fingerprint density at radius 1 is 1.05 bits per heavy atom. The SMILES string of the molecule is CCNC(C)c1c(F)cccc1N(CC(C)C)CC(C)C. The van der Waals surface area contributed by atoms with Crippen LogP contribution in [0.3, 0.4) is 0 Å². The Bertz CT molecular complexity index is 419. The lowest BCUT2D eigenvalue weighted by atomic mass is 10.0. The van der Waals surface area contributed by atoms with Crippen molar-refractivity contribution in [2.24, 2.45) is 11.8 Å². The summed E-state index contributed by atoms with van der Waals surface area (Å²) in [5.74, 6) is 0.988. The Balaban J connectivity index is 3.19. The highest BCUT2D eigenvalue weighted by Crippen LogP contribution is 2.30. The van der Waals surface area contributed by atoms with Crippen LogP contribution in [0, 0.1) is 17.7 Å². The van der Waals surface area contributed by atoms with Gasteiger partial charge in [-0.3, -0.25) is 0 Å². The number of hydrogen-bond donors (Lipinski definition) is 1. The molecule has 21 heavy (non-hydrogen) atoms. The molecule has 0 fully saturated rings. The van der Waals surface area contributed by atoms with Gasteiger partial charge in [0.05, 0.1) is 0 Å². The number of nitrogens with zero attached hydrogens (tertiary/aromatic N) is 1. The molecule has 1 unspecified atom stereocenters. The maximum Gasteiger partial charge on any atom is 0.130 e. The van der Waals surface area contributed by atoms with Gasteiger partial charge in [-0.1, -0.05) is 40.7 Å². The van der Waals surface area contributed by atoms with E-state index in [2.05, 4.69) is 50.9 Å². The van der Waals surface area contributed by atoms with E-state index in [-0.39, 0.29) is 11.9 Å². The number of nitrogens with one attached hydrogen (secondary N) is 1. The van der Waals surface area contributed by atoms with Crippen molar-refractivity contribution in [3.05, 3.63) is 29.6 Å². The largest absolute Gasteiger partial charge is 0.371 e. The van der Waals surface area contributed by atoms with Gasteiger partial charge in [0.15, 0.2) is 0 Å². The molecule has 0 saturated carbocycles. The van der Waals surface area contributed by atoms with E-state index in [0.29, 0.717) is 11.8 Å². The minimum Gasteiger partial charge on any atom is -0.371 e. The molecule has 3 heteroatoms. The third-order valence-corrected chi connectivity index (χ3v) is 3.48. The molecule has 120 valence electrons. The van der Waals surface area contributed by atoms with Crippen molar-refractivity contribution in [1.82, 2.24) is 5.32 Å². The molecule has 0 aliphatic carbocycles. The highest BCUT2D eigenvalue weighted by molar-refractivity contribution is 5.55. The van der Waals surface area contributed by atoms with Crippen LogP contribution in [0.15, 0.2) is 18.2 Å². The summed E-state index contributed by atoms with van der Waals surface area (Å²) in [6, 6.07) is 5.46. The molecule has 2 nitrogen and oxygen atoms in total. The van der Waals surface area contributed by atoms with Crippen molar-refractivity contribution >= 4 is 5.69 Å². The average molecular weight is 294 g/mol. The highest BCUT2D eigenvalue weighted by atomic mass is 19.1. The van der Waals surface area contributed by atoms with Crippen molar-refractivity contribution in [3.63, 3.8) is 0 Å². The first-order chi connectivity index (χ1) is 9.86. The summed E-state index contributed by atoms with van der Waals surface area (Å²) in [5, 5.41) is 3.34. The van der Waals surface area contributed by atoms with Crippen LogP contribution in [0.25, 0.3) is 0 Å². The summed E-state index contributed by atoms with van der Waals surface area (Å²) in [5.41, 5.74) is 1.83. The second kappa shape index (κ2) is 8.38. The monoisotopic (exact) mass is 294 g/mol. The molecule has 0 radical (unpaired) electrons. The Hall–Kier alpha value is -1.09. The fraction of sp³-hybridized carbons (Fsp3) is 0.667. The van der Waals surface area contributed by atoms with E-state index in [4.69, 9.17) is 0 Å². The molecular formula is C18H31FN2. The van der Waals surface area contributed by atoms with E-state index < -0.39 is 0 Å². The lowest BCUT2D eigenvalue weighted by Crippen LogP contribution is -2.33. The second-order valence-electron chi connectivity index (χ2n) is 6.64. The fourth-order valence-electron chi connectivity index (χ4n) is 2.79. The van der Waals surface area contributed by atoms with Gasteiger partial charge in [0.2, 0.25) is 0 Å². The van der Waals surface area contributed by atoms with Crippen LogP contribution in [0.4, 0.5) is 10.1 Å². The Labute approximate surface area is 129 Å². The molecule has 0 saturated heterocycles. The lowest BCUT2D eigenvalue weighted by molar-refractivity contribution is 0.522. The first-order valence-electron chi connectivity index (χ1n) is 8.13. The molecule has 1 N–H and O–H groups in total. The van der Waals surface area contributed by atoms with Crippen LogP contribution in [0.5, 0.6) is 0 Å². The Morgan fingerprint density at radius 2 is 1.62 bits per heavy atom. The predicted octanol–water partition coefficient (Wildman–Crippen LogP) is 4.61. The van der Waals surface area contributed by atoms with E-state index in [9.17, 15) is 4.39 Å². The van der Waals surface area contributed by atoms with Gasteiger partial charge in [-0.05, 0) is 37.4 Å². The molecule has 0 amide bonds. The van der Waals surface area contributed by atoms with Gasteiger partial charge in [-0.25, -0.2) is 4.39 Å². The van der Waals surface area contributed by atoms with Crippen molar-refractivity contribution in [2.75, 3.05) is 24.5 Å². The third-order valence-electron chi connectivity index (χ3n) is 3.48. The van der Waals surface area contributed by atoms with Gasteiger partial charge in [-0.2, -0.15) is 0 Å². The summed E-state index contributed by atoms with van der Waals surface area (Å²) in [4.78, 5) is 2.33. The Kier molecular flexibility index (Phi) is 7.16. The van der Waals surface area contributed by atoms with Gasteiger partial charge in [0.1, 0.15) is 5.82 Å². The molecule has 0 aliphatic rings. The summed E-state index contributed by atoms with van der Waals surface area (Å²) in [7, 11) is 0. The first-order valence-corrected chi connectivity index (χ1v) is 8.13. The van der Waals surface area contributed by atoms with E-state index in [1.807, 2.05) is 13.0 Å². The quantitative estimate of drug-likeness (QED) is 0.753. The maximum atomic E-state index is 14.4. The number of benzene rings is 1. The second-order valence-corrected chi connectivity index (χ2v) is 6.64. The van der Waals surface area contributed by atoms with Crippen LogP contribution >= 0.6 is 0 Å². The smallest absolute Gasteiger partial charge is 0.130 e. The van der Waals surface area contributed by atoms with Gasteiger partial charge in [-0.15, -0.1) is 0 Å². The first kappa shape index (κ1) is 18.0. The number of anilines is 1. The number of hydrogen-bond acceptors (Lipinski definition) is 2. The van der Waals surface area contributed by atoms with Gasteiger partial charge < -0.3 is 10.2 Å². The number of rotatable bonds is 8. The summed E-state index contributed by atoms with van der Waals surface area (Å²) >= 11 is 0. The van der Waals surface area contributed by atoms with Gasteiger partial charge >= 0.3 is 0 Å². The van der Waals surface area contributed by atoms with Crippen molar-refractivity contribution in [1.29, 1.82) is 0 Å². The zero-order chi connectivity index (χ0) is 16.0.